The summed E-state index contributed by atoms with van der Waals surface area (Å²) < 4.78 is 0. The van der Waals surface area contributed by atoms with Gasteiger partial charge in [0.1, 0.15) is 0 Å². The van der Waals surface area contributed by atoms with Crippen LogP contribution in [0.1, 0.15) is 62.6 Å². The predicted molar refractivity (Wildman–Crippen MR) is 129 cm³/mol. The lowest BCUT2D eigenvalue weighted by molar-refractivity contribution is -0.114. The van der Waals surface area contributed by atoms with Crippen molar-refractivity contribution in [2.24, 2.45) is 0 Å². The van der Waals surface area contributed by atoms with Crippen LogP contribution < -0.4 is 10.7 Å². The first kappa shape index (κ1) is 24.1. The summed E-state index contributed by atoms with van der Waals surface area (Å²) in [6.45, 7) is 5.59. The highest BCUT2D eigenvalue weighted by Crippen LogP contribution is 2.36. The van der Waals surface area contributed by atoms with Crippen LogP contribution in [-0.4, -0.2) is 40.3 Å². The zero-order valence-electron chi connectivity index (χ0n) is 19.4. The summed E-state index contributed by atoms with van der Waals surface area (Å²) in [5.74, 6) is -0.0388. The van der Waals surface area contributed by atoms with Crippen molar-refractivity contribution in [3.8, 4) is 11.5 Å². The Kier molecular flexibility index (Phi) is 8.94. The lowest BCUT2D eigenvalue weighted by Crippen LogP contribution is -2.49. The summed E-state index contributed by atoms with van der Waals surface area (Å²) >= 11 is 0. The number of phenolic OH excluding ortho intramolecular Hbond substituents is 2. The van der Waals surface area contributed by atoms with Crippen LogP contribution in [-0.2, 0) is 24.1 Å². The van der Waals surface area contributed by atoms with Crippen LogP contribution in [0.4, 0.5) is 5.69 Å². The Morgan fingerprint density at radius 2 is 1.88 bits per heavy atom. The van der Waals surface area contributed by atoms with Crippen LogP contribution >= 0.6 is 0 Å². The summed E-state index contributed by atoms with van der Waals surface area (Å²) in [5.41, 5.74) is 7.74. The monoisotopic (exact) mass is 439 g/mol. The number of phenols is 2. The van der Waals surface area contributed by atoms with E-state index >= 15 is 0 Å². The number of anilines is 1. The van der Waals surface area contributed by atoms with Crippen molar-refractivity contribution in [1.82, 2.24) is 10.4 Å². The van der Waals surface area contributed by atoms with E-state index in [-0.39, 0.29) is 17.4 Å². The molecule has 0 aliphatic heterocycles. The lowest BCUT2D eigenvalue weighted by Gasteiger charge is -2.36. The lowest BCUT2D eigenvalue weighted by atomic mass is 9.87. The maximum absolute atomic E-state index is 11.2. The summed E-state index contributed by atoms with van der Waals surface area (Å²) in [5, 5.41) is 25.2. The smallest absolute Gasteiger partial charge is 0.221 e. The Morgan fingerprint density at radius 3 is 2.59 bits per heavy atom. The van der Waals surface area contributed by atoms with Crippen molar-refractivity contribution >= 4 is 11.6 Å². The fraction of sp³-hybridized carbons (Fsp3) is 0.500. The van der Waals surface area contributed by atoms with E-state index < -0.39 is 0 Å². The highest BCUT2D eigenvalue weighted by atomic mass is 16.3. The third-order valence-electron chi connectivity index (χ3n) is 6.24. The Hall–Kier alpha value is -2.57. The second-order valence-electron chi connectivity index (χ2n) is 8.76. The van der Waals surface area contributed by atoms with E-state index in [0.717, 1.165) is 62.0 Å². The number of hydrogen-bond donors (Lipinski definition) is 4. The van der Waals surface area contributed by atoms with Gasteiger partial charge in [-0.3, -0.25) is 10.2 Å². The summed E-state index contributed by atoms with van der Waals surface area (Å²) in [7, 11) is 0. The number of aromatic hydroxyl groups is 2. The second-order valence-corrected chi connectivity index (χ2v) is 8.76. The number of nitrogens with one attached hydrogen (secondary N) is 2. The molecule has 6 nitrogen and oxygen atoms in total. The third-order valence-corrected chi connectivity index (χ3v) is 6.24. The van der Waals surface area contributed by atoms with Crippen molar-refractivity contribution < 1.29 is 15.0 Å². The van der Waals surface area contributed by atoms with Crippen LogP contribution in [0, 0.1) is 0 Å². The van der Waals surface area contributed by atoms with Gasteiger partial charge in [0.2, 0.25) is 5.91 Å². The molecule has 174 valence electrons. The number of nitrogens with zero attached hydrogens (tertiary/aromatic N) is 1. The predicted octanol–water partition coefficient (Wildman–Crippen LogP) is 4.54. The van der Waals surface area contributed by atoms with Crippen LogP contribution in [0.2, 0.25) is 0 Å². The second kappa shape index (κ2) is 11.9. The van der Waals surface area contributed by atoms with Gasteiger partial charge in [-0.15, -0.1) is 0 Å². The van der Waals surface area contributed by atoms with Gasteiger partial charge in [0, 0.05) is 37.3 Å². The average molecular weight is 440 g/mol. The standard InChI is InChI=1S/C26H37N3O3/c1-3-4-5-6-17-29(23-12-13-24-21(18-23)9-14-25(31)26(24)32)27-16-15-20-7-10-22(11-8-20)28-19(2)30/h7-11,14,23,27,31-32H,3-6,12-13,15-18H2,1-2H3,(H,28,30). The zero-order chi connectivity index (χ0) is 22.9. The number of unbranched alkanes of at least 4 members (excludes halogenated alkanes) is 3. The Balaban J connectivity index is 1.58. The molecule has 32 heavy (non-hydrogen) atoms. The molecule has 2 aromatic carbocycles. The van der Waals surface area contributed by atoms with Crippen LogP contribution in [0.15, 0.2) is 36.4 Å². The first-order valence-corrected chi connectivity index (χ1v) is 11.9. The minimum Gasteiger partial charge on any atom is -0.504 e. The highest BCUT2D eigenvalue weighted by Gasteiger charge is 2.26. The molecule has 0 saturated heterocycles. The highest BCUT2D eigenvalue weighted by molar-refractivity contribution is 5.88. The van der Waals surface area contributed by atoms with Gasteiger partial charge in [-0.05, 0) is 61.4 Å². The van der Waals surface area contributed by atoms with Crippen LogP contribution in [0.3, 0.4) is 0 Å². The molecule has 1 amide bonds. The van der Waals surface area contributed by atoms with Crippen molar-refractivity contribution in [1.29, 1.82) is 0 Å². The van der Waals surface area contributed by atoms with Gasteiger partial charge in [0.25, 0.3) is 0 Å². The van der Waals surface area contributed by atoms with Gasteiger partial charge in [-0.1, -0.05) is 44.4 Å². The minimum atomic E-state index is -0.0595. The van der Waals surface area contributed by atoms with Crippen LogP contribution in [0.25, 0.3) is 0 Å². The molecule has 1 aliphatic rings. The Morgan fingerprint density at radius 1 is 1.09 bits per heavy atom. The average Bonchev–Trinajstić information content (AvgIpc) is 2.78. The van der Waals surface area contributed by atoms with E-state index in [1.165, 1.54) is 31.7 Å². The normalized spacial score (nSPS) is 15.5. The van der Waals surface area contributed by atoms with Gasteiger partial charge >= 0.3 is 0 Å². The molecule has 6 heteroatoms. The van der Waals surface area contributed by atoms with Crippen molar-refractivity contribution in [3.63, 3.8) is 0 Å². The number of benzene rings is 2. The molecule has 4 N–H and O–H groups in total. The molecule has 2 aromatic rings. The maximum Gasteiger partial charge on any atom is 0.221 e. The topological polar surface area (TPSA) is 84.8 Å². The molecule has 0 radical (unpaired) electrons. The number of rotatable bonds is 11. The molecule has 0 bridgehead atoms. The van der Waals surface area contributed by atoms with E-state index in [9.17, 15) is 15.0 Å². The molecule has 1 aliphatic carbocycles. The quantitative estimate of drug-likeness (QED) is 0.235. The molecular weight excluding hydrogens is 402 g/mol. The fourth-order valence-corrected chi connectivity index (χ4v) is 4.47. The molecule has 0 saturated carbocycles. The summed E-state index contributed by atoms with van der Waals surface area (Å²) in [4.78, 5) is 11.2. The van der Waals surface area contributed by atoms with Gasteiger partial charge in [0.05, 0.1) is 0 Å². The molecule has 0 spiro atoms. The number of fused-ring (bicyclic) bond motifs is 1. The van der Waals surface area contributed by atoms with E-state index in [1.807, 2.05) is 18.2 Å². The number of hydrogen-bond acceptors (Lipinski definition) is 5. The van der Waals surface area contributed by atoms with Crippen molar-refractivity contribution in [3.05, 3.63) is 53.1 Å². The van der Waals surface area contributed by atoms with Gasteiger partial charge < -0.3 is 15.5 Å². The zero-order valence-corrected chi connectivity index (χ0v) is 19.4. The van der Waals surface area contributed by atoms with E-state index in [0.29, 0.717) is 6.04 Å². The third kappa shape index (κ3) is 6.71. The molecule has 0 fully saturated rings. The molecular formula is C26H37N3O3. The van der Waals surface area contributed by atoms with E-state index in [1.54, 1.807) is 6.07 Å². The molecule has 0 aromatic heterocycles. The fourth-order valence-electron chi connectivity index (χ4n) is 4.47. The van der Waals surface area contributed by atoms with Gasteiger partial charge in [0.15, 0.2) is 11.5 Å². The molecule has 3 rings (SSSR count). The molecule has 1 atom stereocenters. The number of carbonyl (C=O) groups excluding carboxylic acids is 1. The minimum absolute atomic E-state index is 0.0266. The van der Waals surface area contributed by atoms with Crippen molar-refractivity contribution in [2.45, 2.75) is 71.3 Å². The number of amides is 1. The van der Waals surface area contributed by atoms with Crippen LogP contribution in [0.5, 0.6) is 11.5 Å². The first-order valence-electron chi connectivity index (χ1n) is 11.9. The molecule has 0 heterocycles. The van der Waals surface area contributed by atoms with Crippen molar-refractivity contribution in [2.75, 3.05) is 18.4 Å². The number of carbonyl (C=O) groups is 1. The SMILES string of the molecule is CCCCCCN(NCCc1ccc(NC(C)=O)cc1)C1CCc2c(ccc(O)c2O)C1. The van der Waals surface area contributed by atoms with E-state index in [4.69, 9.17) is 0 Å². The summed E-state index contributed by atoms with van der Waals surface area (Å²) in [6.07, 6.45) is 8.39. The van der Waals surface area contributed by atoms with Gasteiger partial charge in [-0.2, -0.15) is 0 Å². The first-order chi connectivity index (χ1) is 15.5. The Labute approximate surface area is 191 Å². The van der Waals surface area contributed by atoms with E-state index in [2.05, 4.69) is 34.8 Å². The largest absolute Gasteiger partial charge is 0.504 e. The van der Waals surface area contributed by atoms with Gasteiger partial charge in [-0.25, -0.2) is 5.01 Å². The number of hydrazine groups is 1. The Bertz CT molecular complexity index is 883. The molecule has 1 unspecified atom stereocenters. The summed E-state index contributed by atoms with van der Waals surface area (Å²) in [6, 6.07) is 11.9. The maximum atomic E-state index is 11.2.